The number of methoxy groups -OCH3 is 2. The molecule has 0 fully saturated rings. The summed E-state index contributed by atoms with van der Waals surface area (Å²) in [7, 11) is 3.22. The van der Waals surface area contributed by atoms with Crippen LogP contribution in [0, 0.1) is 0 Å². The molecule has 0 saturated heterocycles. The van der Waals surface area contributed by atoms with Gasteiger partial charge in [-0.25, -0.2) is 0 Å². The lowest BCUT2D eigenvalue weighted by atomic mass is 10.1. The quantitative estimate of drug-likeness (QED) is 0.521. The van der Waals surface area contributed by atoms with E-state index in [4.69, 9.17) is 18.9 Å². The highest BCUT2D eigenvalue weighted by molar-refractivity contribution is 7.11. The van der Waals surface area contributed by atoms with Gasteiger partial charge in [0, 0.05) is 32.2 Å². The van der Waals surface area contributed by atoms with Crippen LogP contribution in [0.5, 0.6) is 11.5 Å². The highest BCUT2D eigenvalue weighted by Crippen LogP contribution is 2.36. The van der Waals surface area contributed by atoms with Gasteiger partial charge in [-0.1, -0.05) is 12.1 Å². The summed E-state index contributed by atoms with van der Waals surface area (Å²) in [6.07, 6.45) is 0. The predicted molar refractivity (Wildman–Crippen MR) is 115 cm³/mol. The summed E-state index contributed by atoms with van der Waals surface area (Å²) in [5.41, 5.74) is 1.60. The zero-order chi connectivity index (χ0) is 21.8. The van der Waals surface area contributed by atoms with Gasteiger partial charge >= 0.3 is 0 Å². The van der Waals surface area contributed by atoms with Crippen LogP contribution in [0.3, 0.4) is 0 Å². The Balaban J connectivity index is 1.66. The monoisotopic (exact) mass is 444 g/mol. The molecule has 0 bridgehead atoms. The van der Waals surface area contributed by atoms with E-state index >= 15 is 0 Å². The predicted octanol–water partition coefficient (Wildman–Crippen LogP) is 2.35. The van der Waals surface area contributed by atoms with Crippen LogP contribution in [-0.4, -0.2) is 68.9 Å². The maximum absolute atomic E-state index is 13.5. The Labute approximate surface area is 184 Å². The fraction of sp³-hybridized carbons (Fsp3) is 0.364. The number of amides is 2. The van der Waals surface area contributed by atoms with Crippen molar-refractivity contribution in [1.82, 2.24) is 9.80 Å². The molecule has 0 atom stereocenters. The number of hydrogen-bond donors (Lipinski definition) is 0. The lowest BCUT2D eigenvalue weighted by Crippen LogP contribution is -2.37. The molecule has 0 N–H and O–H groups in total. The van der Waals surface area contributed by atoms with Crippen LogP contribution in [0.1, 0.15) is 10.4 Å². The van der Waals surface area contributed by atoms with Crippen molar-refractivity contribution >= 4 is 28.7 Å². The van der Waals surface area contributed by atoms with Gasteiger partial charge in [0.25, 0.3) is 11.8 Å². The van der Waals surface area contributed by atoms with E-state index in [1.165, 1.54) is 16.2 Å². The van der Waals surface area contributed by atoms with Crippen LogP contribution in [0.4, 0.5) is 0 Å². The molecule has 2 aliphatic heterocycles. The number of benzene rings is 1. The molecule has 2 aromatic rings. The third-order valence-electron chi connectivity index (χ3n) is 5.14. The Morgan fingerprint density at radius 2 is 1.77 bits per heavy atom. The minimum Gasteiger partial charge on any atom is -0.454 e. The van der Waals surface area contributed by atoms with Gasteiger partial charge in [-0.3, -0.25) is 14.5 Å². The second-order valence-electron chi connectivity index (χ2n) is 7.06. The van der Waals surface area contributed by atoms with Gasteiger partial charge in [0.2, 0.25) is 6.79 Å². The van der Waals surface area contributed by atoms with Crippen molar-refractivity contribution in [3.05, 3.63) is 51.8 Å². The number of thiophene rings is 1. The van der Waals surface area contributed by atoms with Gasteiger partial charge in [-0.15, -0.1) is 11.3 Å². The van der Waals surface area contributed by atoms with Crippen molar-refractivity contribution < 1.29 is 28.5 Å². The Kier molecular flexibility index (Phi) is 6.55. The molecular formula is C22H24N2O6S. The zero-order valence-corrected chi connectivity index (χ0v) is 18.3. The summed E-state index contributed by atoms with van der Waals surface area (Å²) in [4.78, 5) is 30.9. The summed E-state index contributed by atoms with van der Waals surface area (Å²) in [6.45, 7) is 2.11. The molecule has 0 saturated carbocycles. The second-order valence-corrected chi connectivity index (χ2v) is 8.01. The zero-order valence-electron chi connectivity index (χ0n) is 17.5. The van der Waals surface area contributed by atoms with Crippen molar-refractivity contribution in [2.24, 2.45) is 0 Å². The van der Waals surface area contributed by atoms with Gasteiger partial charge in [0.1, 0.15) is 5.70 Å². The summed E-state index contributed by atoms with van der Waals surface area (Å²) < 4.78 is 21.2. The number of hydrogen-bond acceptors (Lipinski definition) is 8. The molecule has 0 unspecified atom stereocenters. The van der Waals surface area contributed by atoms with E-state index in [1.54, 1.807) is 26.4 Å². The molecule has 4 rings (SSSR count). The van der Waals surface area contributed by atoms with Gasteiger partial charge in [0.05, 0.1) is 25.3 Å². The standard InChI is InChI=1S/C22H24N2O6S/c1-27-9-7-23(8-10-28-2)20-19(18-4-3-11-31-18)21(25)24(22(20)26)13-15-5-6-16-17(12-15)30-14-29-16/h3-6,11-12H,7-10,13-14H2,1-2H3. The van der Waals surface area contributed by atoms with Crippen molar-refractivity contribution in [2.75, 3.05) is 47.3 Å². The molecule has 2 aliphatic rings. The number of carbonyl (C=O) groups is 2. The average molecular weight is 445 g/mol. The van der Waals surface area contributed by atoms with Crippen LogP contribution in [-0.2, 0) is 25.6 Å². The number of fused-ring (bicyclic) bond motifs is 1. The number of imide groups is 1. The molecule has 8 nitrogen and oxygen atoms in total. The Bertz CT molecular complexity index is 980. The first-order valence-corrected chi connectivity index (χ1v) is 10.8. The largest absolute Gasteiger partial charge is 0.454 e. The second kappa shape index (κ2) is 9.51. The molecule has 1 aromatic carbocycles. The van der Waals surface area contributed by atoms with Gasteiger partial charge in [-0.05, 0) is 29.1 Å². The third-order valence-corrected chi connectivity index (χ3v) is 6.02. The van der Waals surface area contributed by atoms with Crippen LogP contribution in [0.2, 0.25) is 0 Å². The van der Waals surface area contributed by atoms with Crippen molar-refractivity contribution in [3.8, 4) is 11.5 Å². The van der Waals surface area contributed by atoms with Crippen LogP contribution in [0.25, 0.3) is 5.57 Å². The fourth-order valence-electron chi connectivity index (χ4n) is 3.60. The molecule has 1 aromatic heterocycles. The van der Waals surface area contributed by atoms with E-state index < -0.39 is 0 Å². The molecule has 0 aliphatic carbocycles. The Morgan fingerprint density at radius 1 is 1.03 bits per heavy atom. The number of ether oxygens (including phenoxy) is 4. The van der Waals surface area contributed by atoms with Crippen molar-refractivity contribution in [2.45, 2.75) is 6.54 Å². The molecule has 0 spiro atoms. The van der Waals surface area contributed by atoms with E-state index in [9.17, 15) is 9.59 Å². The van der Waals surface area contributed by atoms with E-state index in [0.717, 1.165) is 10.4 Å². The first kappa shape index (κ1) is 21.4. The van der Waals surface area contributed by atoms with Crippen LogP contribution >= 0.6 is 11.3 Å². The van der Waals surface area contributed by atoms with Crippen LogP contribution < -0.4 is 9.47 Å². The number of rotatable bonds is 10. The number of nitrogens with zero attached hydrogens (tertiary/aromatic N) is 2. The lowest BCUT2D eigenvalue weighted by molar-refractivity contribution is -0.138. The van der Waals surface area contributed by atoms with Gasteiger partial charge < -0.3 is 23.8 Å². The van der Waals surface area contributed by atoms with E-state index in [-0.39, 0.29) is 25.2 Å². The summed E-state index contributed by atoms with van der Waals surface area (Å²) in [5.74, 6) is 0.648. The van der Waals surface area contributed by atoms with E-state index in [1.807, 2.05) is 28.5 Å². The maximum Gasteiger partial charge on any atom is 0.278 e. The van der Waals surface area contributed by atoms with Gasteiger partial charge in [0.15, 0.2) is 11.5 Å². The van der Waals surface area contributed by atoms with Gasteiger partial charge in [-0.2, -0.15) is 0 Å². The summed E-state index contributed by atoms with van der Waals surface area (Å²) in [6, 6.07) is 9.17. The molecule has 9 heteroatoms. The molecule has 3 heterocycles. The Hall–Kier alpha value is -2.88. The molecular weight excluding hydrogens is 420 g/mol. The van der Waals surface area contributed by atoms with Crippen molar-refractivity contribution in [3.63, 3.8) is 0 Å². The molecule has 0 radical (unpaired) electrons. The normalized spacial score (nSPS) is 15.4. The number of carbonyl (C=O) groups excluding carboxylic acids is 2. The average Bonchev–Trinajstić information content (AvgIpc) is 3.51. The molecule has 164 valence electrons. The smallest absolute Gasteiger partial charge is 0.278 e. The van der Waals surface area contributed by atoms with E-state index in [2.05, 4.69) is 0 Å². The first-order valence-electron chi connectivity index (χ1n) is 9.89. The SMILES string of the molecule is COCCN(CCOC)C1=C(c2cccs2)C(=O)N(Cc2ccc3c(c2)OCO3)C1=O. The van der Waals surface area contributed by atoms with Crippen LogP contribution in [0.15, 0.2) is 41.4 Å². The topological polar surface area (TPSA) is 77.5 Å². The van der Waals surface area contributed by atoms with Crippen molar-refractivity contribution in [1.29, 1.82) is 0 Å². The minimum atomic E-state index is -0.321. The first-order chi connectivity index (χ1) is 15.1. The fourth-order valence-corrected chi connectivity index (χ4v) is 4.37. The molecule has 31 heavy (non-hydrogen) atoms. The third kappa shape index (κ3) is 4.30. The highest BCUT2D eigenvalue weighted by Gasteiger charge is 2.42. The Morgan fingerprint density at radius 3 is 2.45 bits per heavy atom. The minimum absolute atomic E-state index is 0.148. The summed E-state index contributed by atoms with van der Waals surface area (Å²) in [5, 5.41) is 1.90. The maximum atomic E-state index is 13.5. The highest BCUT2D eigenvalue weighted by atomic mass is 32.1. The van der Waals surface area contributed by atoms with E-state index in [0.29, 0.717) is 49.1 Å². The summed E-state index contributed by atoms with van der Waals surface area (Å²) >= 11 is 1.44. The molecule has 2 amide bonds. The lowest BCUT2D eigenvalue weighted by Gasteiger charge is -2.25.